The van der Waals surface area contributed by atoms with Crippen molar-refractivity contribution < 1.29 is 0 Å². The first-order chi connectivity index (χ1) is 8.36. The molecule has 0 aromatic carbocycles. The zero-order valence-corrected chi connectivity index (χ0v) is 11.1. The van der Waals surface area contributed by atoms with Crippen LogP contribution in [0.2, 0.25) is 0 Å². The van der Waals surface area contributed by atoms with E-state index in [2.05, 4.69) is 47.0 Å². The van der Waals surface area contributed by atoms with Crippen molar-refractivity contribution in [2.45, 2.75) is 32.9 Å². The summed E-state index contributed by atoms with van der Waals surface area (Å²) >= 11 is 1.77. The van der Waals surface area contributed by atoms with E-state index in [0.717, 1.165) is 25.2 Å². The number of thiophene rings is 1. The van der Waals surface area contributed by atoms with Crippen LogP contribution in [-0.2, 0) is 6.54 Å². The molecule has 0 bridgehead atoms. The molecule has 17 heavy (non-hydrogen) atoms. The van der Waals surface area contributed by atoms with E-state index in [1.54, 1.807) is 11.3 Å². The second-order valence-corrected chi connectivity index (χ2v) is 4.86. The average Bonchev–Trinajstić information content (AvgIpc) is 3.00. The number of hydrogen-bond acceptors (Lipinski definition) is 4. The van der Waals surface area contributed by atoms with Crippen molar-refractivity contribution in [3.8, 4) is 0 Å². The molecule has 0 saturated heterocycles. The van der Waals surface area contributed by atoms with Crippen LogP contribution in [0.25, 0.3) is 0 Å². The van der Waals surface area contributed by atoms with Crippen molar-refractivity contribution in [2.75, 3.05) is 6.54 Å². The van der Waals surface area contributed by atoms with Gasteiger partial charge in [-0.15, -0.1) is 16.4 Å². The Morgan fingerprint density at radius 2 is 2.35 bits per heavy atom. The van der Waals surface area contributed by atoms with Gasteiger partial charge >= 0.3 is 0 Å². The molecule has 4 nitrogen and oxygen atoms in total. The maximum Gasteiger partial charge on any atom is 0.0858 e. The zero-order valence-electron chi connectivity index (χ0n) is 10.3. The number of aryl methyl sites for hydroxylation is 1. The van der Waals surface area contributed by atoms with Gasteiger partial charge in [0.25, 0.3) is 0 Å². The molecule has 0 aliphatic rings. The first-order valence-corrected chi connectivity index (χ1v) is 6.90. The molecule has 0 aliphatic heterocycles. The standard InChI is InChI=1S/C12H18N4S/c1-3-7-13-12(11-6-5-8-17-11)10-9-14-15-16(10)4-2/h5-6,8-9,12-13H,3-4,7H2,1-2H3. The largest absolute Gasteiger partial charge is 0.304 e. The van der Waals surface area contributed by atoms with Gasteiger partial charge in [-0.1, -0.05) is 18.2 Å². The van der Waals surface area contributed by atoms with E-state index in [0.29, 0.717) is 0 Å². The monoisotopic (exact) mass is 250 g/mol. The first-order valence-electron chi connectivity index (χ1n) is 6.02. The molecule has 5 heteroatoms. The van der Waals surface area contributed by atoms with E-state index in [-0.39, 0.29) is 6.04 Å². The first kappa shape index (κ1) is 12.3. The molecule has 0 amide bonds. The Morgan fingerprint density at radius 3 is 3.00 bits per heavy atom. The van der Waals surface area contributed by atoms with E-state index in [1.165, 1.54) is 4.88 Å². The summed E-state index contributed by atoms with van der Waals surface area (Å²) in [6.45, 7) is 6.11. The van der Waals surface area contributed by atoms with Crippen LogP contribution in [0.3, 0.4) is 0 Å². The lowest BCUT2D eigenvalue weighted by Crippen LogP contribution is -2.25. The van der Waals surface area contributed by atoms with Crippen molar-refractivity contribution in [3.63, 3.8) is 0 Å². The minimum atomic E-state index is 0.213. The number of nitrogens with zero attached hydrogens (tertiary/aromatic N) is 3. The SMILES string of the molecule is CCCNC(c1cccs1)c1cnnn1CC. The lowest BCUT2D eigenvalue weighted by atomic mass is 10.1. The van der Waals surface area contributed by atoms with Crippen LogP contribution in [0.5, 0.6) is 0 Å². The molecule has 2 aromatic rings. The van der Waals surface area contributed by atoms with E-state index in [9.17, 15) is 0 Å². The second-order valence-electron chi connectivity index (χ2n) is 3.88. The minimum Gasteiger partial charge on any atom is -0.304 e. The van der Waals surface area contributed by atoms with E-state index >= 15 is 0 Å². The zero-order chi connectivity index (χ0) is 12.1. The van der Waals surface area contributed by atoms with Gasteiger partial charge < -0.3 is 5.32 Å². The summed E-state index contributed by atoms with van der Waals surface area (Å²) in [5, 5.41) is 13.8. The maximum atomic E-state index is 4.10. The van der Waals surface area contributed by atoms with Crippen LogP contribution in [0.4, 0.5) is 0 Å². The third-order valence-electron chi connectivity index (χ3n) is 2.67. The summed E-state index contributed by atoms with van der Waals surface area (Å²) in [4.78, 5) is 1.32. The highest BCUT2D eigenvalue weighted by Gasteiger charge is 2.18. The van der Waals surface area contributed by atoms with Crippen LogP contribution in [0.15, 0.2) is 23.7 Å². The van der Waals surface area contributed by atoms with Crippen molar-refractivity contribution in [2.24, 2.45) is 0 Å². The van der Waals surface area contributed by atoms with Gasteiger partial charge in [-0.05, 0) is 31.3 Å². The normalized spacial score (nSPS) is 12.8. The highest BCUT2D eigenvalue weighted by molar-refractivity contribution is 7.10. The highest BCUT2D eigenvalue weighted by atomic mass is 32.1. The number of rotatable bonds is 6. The molecule has 0 spiro atoms. The lowest BCUT2D eigenvalue weighted by Gasteiger charge is -2.17. The fraction of sp³-hybridized carbons (Fsp3) is 0.500. The van der Waals surface area contributed by atoms with Gasteiger partial charge in [0.2, 0.25) is 0 Å². The second kappa shape index (κ2) is 5.93. The number of aromatic nitrogens is 3. The van der Waals surface area contributed by atoms with Gasteiger partial charge in [-0.25, -0.2) is 4.68 Å². The third kappa shape index (κ3) is 2.73. The van der Waals surface area contributed by atoms with Gasteiger partial charge in [0.05, 0.1) is 17.9 Å². The predicted molar refractivity (Wildman–Crippen MR) is 70.2 cm³/mol. The highest BCUT2D eigenvalue weighted by Crippen LogP contribution is 2.25. The molecule has 1 unspecified atom stereocenters. The Balaban J connectivity index is 2.27. The summed E-state index contributed by atoms with van der Waals surface area (Å²) < 4.78 is 1.95. The van der Waals surface area contributed by atoms with Crippen molar-refractivity contribution >= 4 is 11.3 Å². The summed E-state index contributed by atoms with van der Waals surface area (Å²) in [6.07, 6.45) is 2.98. The fourth-order valence-corrected chi connectivity index (χ4v) is 2.64. The number of nitrogens with one attached hydrogen (secondary N) is 1. The molecule has 92 valence electrons. The Hall–Kier alpha value is -1.20. The topological polar surface area (TPSA) is 42.7 Å². The molecule has 0 radical (unpaired) electrons. The van der Waals surface area contributed by atoms with E-state index in [4.69, 9.17) is 0 Å². The lowest BCUT2D eigenvalue weighted by molar-refractivity contribution is 0.528. The number of hydrogen-bond donors (Lipinski definition) is 1. The molecule has 2 rings (SSSR count). The quantitative estimate of drug-likeness (QED) is 0.856. The van der Waals surface area contributed by atoms with Crippen molar-refractivity contribution in [1.82, 2.24) is 20.3 Å². The molecular weight excluding hydrogens is 232 g/mol. The minimum absolute atomic E-state index is 0.213. The van der Waals surface area contributed by atoms with Crippen molar-refractivity contribution in [1.29, 1.82) is 0 Å². The summed E-state index contributed by atoms with van der Waals surface area (Å²) in [7, 11) is 0. The molecule has 0 fully saturated rings. The summed E-state index contributed by atoms with van der Waals surface area (Å²) in [6, 6.07) is 4.45. The van der Waals surface area contributed by atoms with E-state index in [1.807, 2.05) is 10.9 Å². The Bertz CT molecular complexity index is 435. The smallest absolute Gasteiger partial charge is 0.0858 e. The van der Waals surface area contributed by atoms with Crippen LogP contribution in [0, 0.1) is 0 Å². The molecule has 2 aromatic heterocycles. The van der Waals surface area contributed by atoms with Gasteiger partial charge in [-0.2, -0.15) is 0 Å². The fourth-order valence-electron chi connectivity index (χ4n) is 1.83. The van der Waals surface area contributed by atoms with Gasteiger partial charge in [0.1, 0.15) is 0 Å². The Morgan fingerprint density at radius 1 is 1.47 bits per heavy atom. The Kier molecular flexibility index (Phi) is 4.28. The molecular formula is C12H18N4S. The van der Waals surface area contributed by atoms with E-state index < -0.39 is 0 Å². The third-order valence-corrected chi connectivity index (χ3v) is 3.61. The molecule has 1 atom stereocenters. The van der Waals surface area contributed by atoms with Crippen LogP contribution in [0.1, 0.15) is 36.9 Å². The predicted octanol–water partition coefficient (Wildman–Crippen LogP) is 2.45. The Labute approximate surface area is 106 Å². The molecule has 0 saturated carbocycles. The van der Waals surface area contributed by atoms with Crippen LogP contribution < -0.4 is 5.32 Å². The van der Waals surface area contributed by atoms with Gasteiger partial charge in [0, 0.05) is 11.4 Å². The summed E-state index contributed by atoms with van der Waals surface area (Å²) in [5.74, 6) is 0. The molecule has 1 N–H and O–H groups in total. The maximum absolute atomic E-state index is 4.10. The molecule has 2 heterocycles. The average molecular weight is 250 g/mol. The van der Waals surface area contributed by atoms with Crippen LogP contribution >= 0.6 is 11.3 Å². The van der Waals surface area contributed by atoms with Crippen LogP contribution in [-0.4, -0.2) is 21.5 Å². The summed E-state index contributed by atoms with van der Waals surface area (Å²) in [5.41, 5.74) is 1.14. The molecule has 0 aliphatic carbocycles. The van der Waals surface area contributed by atoms with Gasteiger partial charge in [0.15, 0.2) is 0 Å². The van der Waals surface area contributed by atoms with Gasteiger partial charge in [-0.3, -0.25) is 0 Å². The van der Waals surface area contributed by atoms with Crippen molar-refractivity contribution in [3.05, 3.63) is 34.3 Å².